The van der Waals surface area contributed by atoms with E-state index in [0.29, 0.717) is 0 Å². The van der Waals surface area contributed by atoms with Gasteiger partial charge in [0.1, 0.15) is 11.5 Å². The van der Waals surface area contributed by atoms with Crippen LogP contribution >= 0.6 is 0 Å². The molecule has 2 aromatic carbocycles. The summed E-state index contributed by atoms with van der Waals surface area (Å²) in [7, 11) is 0. The van der Waals surface area contributed by atoms with Crippen molar-refractivity contribution in [2.24, 2.45) is 0 Å². The van der Waals surface area contributed by atoms with Crippen LogP contribution in [0.3, 0.4) is 0 Å². The molecule has 0 bridgehead atoms. The molecule has 0 spiro atoms. The standard InChI is InChI=1S/C20H26N2O3/c1-14(2)24-18-9-5-16(6-10-18)21-13-20(23)22-17-7-11-19(12-8-17)25-15(3)4/h5-12,14-15,21H,13H2,1-4H3,(H,22,23). The second-order valence-corrected chi connectivity index (χ2v) is 6.28. The molecule has 0 unspecified atom stereocenters. The van der Waals surface area contributed by atoms with Gasteiger partial charge in [-0.3, -0.25) is 4.79 Å². The van der Waals surface area contributed by atoms with Gasteiger partial charge in [-0.25, -0.2) is 0 Å². The van der Waals surface area contributed by atoms with Crippen LogP contribution in [-0.2, 0) is 4.79 Å². The molecule has 2 rings (SSSR count). The van der Waals surface area contributed by atoms with Crippen LogP contribution < -0.4 is 20.1 Å². The van der Waals surface area contributed by atoms with Crippen LogP contribution in [0, 0.1) is 0 Å². The Morgan fingerprint density at radius 3 is 1.68 bits per heavy atom. The number of amides is 1. The fraction of sp³-hybridized carbons (Fsp3) is 0.350. The SMILES string of the molecule is CC(C)Oc1ccc(NCC(=O)Nc2ccc(OC(C)C)cc2)cc1. The van der Waals surface area contributed by atoms with Crippen molar-refractivity contribution in [1.82, 2.24) is 0 Å². The summed E-state index contributed by atoms with van der Waals surface area (Å²) in [5.74, 6) is 1.49. The average Bonchev–Trinajstić information content (AvgIpc) is 2.55. The molecule has 2 N–H and O–H groups in total. The Hall–Kier alpha value is -2.69. The van der Waals surface area contributed by atoms with Crippen molar-refractivity contribution in [2.75, 3.05) is 17.2 Å². The zero-order valence-corrected chi connectivity index (χ0v) is 15.2. The third-order valence-electron chi connectivity index (χ3n) is 3.19. The summed E-state index contributed by atoms with van der Waals surface area (Å²) >= 11 is 0. The van der Waals surface area contributed by atoms with Crippen LogP contribution in [0.15, 0.2) is 48.5 Å². The summed E-state index contributed by atoms with van der Waals surface area (Å²) in [6.07, 6.45) is 0.267. The van der Waals surface area contributed by atoms with E-state index in [2.05, 4.69) is 10.6 Å². The van der Waals surface area contributed by atoms with E-state index in [0.717, 1.165) is 22.9 Å². The zero-order valence-electron chi connectivity index (χ0n) is 15.2. The molecule has 0 fully saturated rings. The number of anilines is 2. The molecule has 0 aliphatic rings. The number of hydrogen-bond acceptors (Lipinski definition) is 4. The first-order valence-electron chi connectivity index (χ1n) is 8.49. The van der Waals surface area contributed by atoms with Crippen LogP contribution in [0.25, 0.3) is 0 Å². The highest BCUT2D eigenvalue weighted by Gasteiger charge is 2.04. The van der Waals surface area contributed by atoms with E-state index in [9.17, 15) is 4.79 Å². The molecule has 1 amide bonds. The highest BCUT2D eigenvalue weighted by molar-refractivity contribution is 5.93. The van der Waals surface area contributed by atoms with Crippen LogP contribution in [0.2, 0.25) is 0 Å². The highest BCUT2D eigenvalue weighted by Crippen LogP contribution is 2.18. The molecule has 2 aromatic rings. The molecule has 0 aliphatic carbocycles. The van der Waals surface area contributed by atoms with Gasteiger partial charge in [0, 0.05) is 11.4 Å². The minimum atomic E-state index is -0.111. The van der Waals surface area contributed by atoms with Gasteiger partial charge < -0.3 is 20.1 Å². The van der Waals surface area contributed by atoms with Gasteiger partial charge in [0.25, 0.3) is 0 Å². The van der Waals surface area contributed by atoms with Gasteiger partial charge in [-0.1, -0.05) is 0 Å². The first-order chi connectivity index (χ1) is 11.9. The van der Waals surface area contributed by atoms with Crippen molar-refractivity contribution < 1.29 is 14.3 Å². The smallest absolute Gasteiger partial charge is 0.243 e. The molecule has 0 saturated carbocycles. The van der Waals surface area contributed by atoms with E-state index in [-0.39, 0.29) is 24.7 Å². The van der Waals surface area contributed by atoms with Gasteiger partial charge in [-0.15, -0.1) is 0 Å². The molecule has 0 radical (unpaired) electrons. The number of benzene rings is 2. The molecule has 5 heteroatoms. The van der Waals surface area contributed by atoms with E-state index >= 15 is 0 Å². The lowest BCUT2D eigenvalue weighted by atomic mass is 10.3. The highest BCUT2D eigenvalue weighted by atomic mass is 16.5. The largest absolute Gasteiger partial charge is 0.491 e. The predicted octanol–water partition coefficient (Wildman–Crippen LogP) is 4.31. The summed E-state index contributed by atoms with van der Waals surface area (Å²) < 4.78 is 11.2. The maximum atomic E-state index is 12.0. The second-order valence-electron chi connectivity index (χ2n) is 6.28. The first kappa shape index (κ1) is 18.6. The van der Waals surface area contributed by atoms with E-state index in [4.69, 9.17) is 9.47 Å². The monoisotopic (exact) mass is 342 g/mol. The van der Waals surface area contributed by atoms with Gasteiger partial charge in [0.05, 0.1) is 18.8 Å². The molecule has 5 nitrogen and oxygen atoms in total. The van der Waals surface area contributed by atoms with Crippen LogP contribution in [-0.4, -0.2) is 24.7 Å². The van der Waals surface area contributed by atoms with Crippen molar-refractivity contribution in [1.29, 1.82) is 0 Å². The molecule has 0 aromatic heterocycles. The van der Waals surface area contributed by atoms with Crippen LogP contribution in [0.1, 0.15) is 27.7 Å². The average molecular weight is 342 g/mol. The Labute approximate surface area is 149 Å². The minimum absolute atomic E-state index is 0.111. The van der Waals surface area contributed by atoms with Crippen molar-refractivity contribution in [2.45, 2.75) is 39.9 Å². The van der Waals surface area contributed by atoms with Crippen LogP contribution in [0.4, 0.5) is 11.4 Å². The number of nitrogens with one attached hydrogen (secondary N) is 2. The summed E-state index contributed by atoms with van der Waals surface area (Å²) in [4.78, 5) is 12.0. The van der Waals surface area contributed by atoms with E-state index in [1.807, 2.05) is 76.2 Å². The van der Waals surface area contributed by atoms with Crippen molar-refractivity contribution in [3.8, 4) is 11.5 Å². The van der Waals surface area contributed by atoms with Gasteiger partial charge in [0.2, 0.25) is 5.91 Å². The molecule has 0 heterocycles. The summed E-state index contributed by atoms with van der Waals surface area (Å²) in [5, 5.41) is 5.94. The number of carbonyl (C=O) groups excluding carboxylic acids is 1. The molecule has 0 atom stereocenters. The van der Waals surface area contributed by atoms with Crippen molar-refractivity contribution in [3.05, 3.63) is 48.5 Å². The Balaban J connectivity index is 1.80. The zero-order chi connectivity index (χ0) is 18.2. The Morgan fingerprint density at radius 1 is 0.800 bits per heavy atom. The Kier molecular flexibility index (Phi) is 6.69. The fourth-order valence-electron chi connectivity index (χ4n) is 2.20. The van der Waals surface area contributed by atoms with Gasteiger partial charge in [0.15, 0.2) is 0 Å². The lowest BCUT2D eigenvalue weighted by Crippen LogP contribution is -2.21. The second kappa shape index (κ2) is 8.97. The topological polar surface area (TPSA) is 59.6 Å². The van der Waals surface area contributed by atoms with Gasteiger partial charge in [-0.05, 0) is 76.2 Å². The first-order valence-corrected chi connectivity index (χ1v) is 8.49. The lowest BCUT2D eigenvalue weighted by molar-refractivity contribution is -0.114. The number of ether oxygens (including phenoxy) is 2. The molecule has 0 aliphatic heterocycles. The quantitative estimate of drug-likeness (QED) is 0.750. The Bertz CT molecular complexity index is 664. The normalized spacial score (nSPS) is 10.6. The Morgan fingerprint density at radius 2 is 1.24 bits per heavy atom. The minimum Gasteiger partial charge on any atom is -0.491 e. The number of carbonyl (C=O) groups is 1. The molecule has 134 valence electrons. The summed E-state index contributed by atoms with van der Waals surface area (Å²) in [5.41, 5.74) is 1.61. The molecular weight excluding hydrogens is 316 g/mol. The van der Waals surface area contributed by atoms with Gasteiger partial charge >= 0.3 is 0 Å². The fourth-order valence-corrected chi connectivity index (χ4v) is 2.20. The third kappa shape index (κ3) is 6.75. The molecule has 25 heavy (non-hydrogen) atoms. The maximum Gasteiger partial charge on any atom is 0.243 e. The summed E-state index contributed by atoms with van der Waals surface area (Å²) in [6.45, 7) is 8.11. The summed E-state index contributed by atoms with van der Waals surface area (Å²) in [6, 6.07) is 14.9. The molecular formula is C20H26N2O3. The van der Waals surface area contributed by atoms with Crippen LogP contribution in [0.5, 0.6) is 11.5 Å². The lowest BCUT2D eigenvalue weighted by Gasteiger charge is -2.12. The maximum absolute atomic E-state index is 12.0. The predicted molar refractivity (Wildman–Crippen MR) is 102 cm³/mol. The van der Waals surface area contributed by atoms with Crippen molar-refractivity contribution >= 4 is 17.3 Å². The number of hydrogen-bond donors (Lipinski definition) is 2. The molecule has 0 saturated heterocycles. The van der Waals surface area contributed by atoms with E-state index in [1.54, 1.807) is 0 Å². The third-order valence-corrected chi connectivity index (χ3v) is 3.19. The van der Waals surface area contributed by atoms with Crippen molar-refractivity contribution in [3.63, 3.8) is 0 Å². The van der Waals surface area contributed by atoms with E-state index < -0.39 is 0 Å². The van der Waals surface area contributed by atoms with Gasteiger partial charge in [-0.2, -0.15) is 0 Å². The number of rotatable bonds is 8. The van der Waals surface area contributed by atoms with E-state index in [1.165, 1.54) is 0 Å².